The van der Waals surface area contributed by atoms with Crippen LogP contribution in [-0.4, -0.2) is 35.5 Å². The molecule has 1 aromatic heterocycles. The lowest BCUT2D eigenvalue weighted by Crippen LogP contribution is -2.41. The summed E-state index contributed by atoms with van der Waals surface area (Å²) in [6.45, 7) is 8.26. The van der Waals surface area contributed by atoms with E-state index in [2.05, 4.69) is 29.0 Å². The maximum absolute atomic E-state index is 4.86. The van der Waals surface area contributed by atoms with Crippen molar-refractivity contribution in [2.75, 3.05) is 19.6 Å². The molecule has 0 amide bonds. The van der Waals surface area contributed by atoms with Gasteiger partial charge in [0.25, 0.3) is 0 Å². The number of guanidine groups is 1. The van der Waals surface area contributed by atoms with Crippen molar-refractivity contribution in [1.29, 1.82) is 0 Å². The number of rotatable bonds is 3. The summed E-state index contributed by atoms with van der Waals surface area (Å²) in [6.07, 6.45) is 7.01. The van der Waals surface area contributed by atoms with Crippen molar-refractivity contribution < 1.29 is 0 Å². The average Bonchev–Trinajstić information content (AvgIpc) is 3.19. The molecule has 4 nitrogen and oxygen atoms in total. The first-order chi connectivity index (χ1) is 10.2. The maximum Gasteiger partial charge on any atom is 0.194 e. The topological polar surface area (TPSA) is 40.5 Å². The van der Waals surface area contributed by atoms with E-state index < -0.39 is 0 Å². The van der Waals surface area contributed by atoms with Crippen molar-refractivity contribution >= 4 is 17.3 Å². The number of aliphatic imine (C=N–C) groups is 1. The van der Waals surface area contributed by atoms with Gasteiger partial charge in [-0.1, -0.05) is 12.8 Å². The molecule has 0 aromatic carbocycles. The number of likely N-dealkylation sites (tertiary alicyclic amines) is 1. The fourth-order valence-electron chi connectivity index (χ4n) is 3.70. The van der Waals surface area contributed by atoms with E-state index in [-0.39, 0.29) is 0 Å². The summed E-state index contributed by atoms with van der Waals surface area (Å²) in [5.41, 5.74) is 3.63. The van der Waals surface area contributed by atoms with Gasteiger partial charge in [-0.3, -0.25) is 0 Å². The van der Waals surface area contributed by atoms with Gasteiger partial charge in [-0.25, -0.2) is 9.98 Å². The zero-order valence-electron chi connectivity index (χ0n) is 13.2. The smallest absolute Gasteiger partial charge is 0.194 e. The van der Waals surface area contributed by atoms with Crippen molar-refractivity contribution in [3.8, 4) is 0 Å². The number of aromatic nitrogens is 1. The largest absolute Gasteiger partial charge is 0.357 e. The average molecular weight is 306 g/mol. The number of thiazole rings is 1. The van der Waals surface area contributed by atoms with Gasteiger partial charge in [0.15, 0.2) is 5.96 Å². The highest BCUT2D eigenvalue weighted by Gasteiger charge is 2.41. The molecular formula is C16H26N4S. The summed E-state index contributed by atoms with van der Waals surface area (Å²) < 4.78 is 0. The first-order valence-electron chi connectivity index (χ1n) is 8.15. The Morgan fingerprint density at radius 2 is 2.24 bits per heavy atom. The fourth-order valence-corrected chi connectivity index (χ4v) is 4.40. The summed E-state index contributed by atoms with van der Waals surface area (Å²) in [6, 6.07) is 0. The van der Waals surface area contributed by atoms with Crippen molar-refractivity contribution in [3.63, 3.8) is 0 Å². The highest BCUT2D eigenvalue weighted by atomic mass is 32.1. The van der Waals surface area contributed by atoms with E-state index in [9.17, 15) is 0 Å². The molecule has 1 aromatic rings. The minimum atomic E-state index is 0.594. The second-order valence-electron chi connectivity index (χ2n) is 6.41. The standard InChI is InChI=1S/C16H26N4S/c1-3-17-15(18-10-14-13(2)19-12-21-14)20-9-8-16(11-20)6-4-5-7-16/h12H,3-11H2,1-2H3,(H,17,18). The van der Waals surface area contributed by atoms with Crippen LogP contribution in [0.3, 0.4) is 0 Å². The van der Waals surface area contributed by atoms with Crippen molar-refractivity contribution in [2.24, 2.45) is 10.4 Å². The third kappa shape index (κ3) is 3.23. The molecule has 116 valence electrons. The molecule has 2 heterocycles. The van der Waals surface area contributed by atoms with Gasteiger partial charge in [0.05, 0.1) is 17.7 Å². The molecule has 1 aliphatic heterocycles. The molecule has 0 bridgehead atoms. The van der Waals surface area contributed by atoms with Crippen molar-refractivity contribution in [3.05, 3.63) is 16.1 Å². The van der Waals surface area contributed by atoms with E-state index in [1.54, 1.807) is 11.3 Å². The summed E-state index contributed by atoms with van der Waals surface area (Å²) in [5, 5.41) is 3.47. The van der Waals surface area contributed by atoms with Crippen LogP contribution in [0.15, 0.2) is 10.5 Å². The van der Waals surface area contributed by atoms with Gasteiger partial charge < -0.3 is 10.2 Å². The molecule has 3 rings (SSSR count). The van der Waals surface area contributed by atoms with Crippen LogP contribution in [0, 0.1) is 12.3 Å². The number of nitrogens with one attached hydrogen (secondary N) is 1. The highest BCUT2D eigenvalue weighted by Crippen LogP contribution is 2.45. The van der Waals surface area contributed by atoms with Crippen LogP contribution >= 0.6 is 11.3 Å². The van der Waals surface area contributed by atoms with Gasteiger partial charge in [0.1, 0.15) is 0 Å². The Bertz CT molecular complexity index is 502. The van der Waals surface area contributed by atoms with Crippen LogP contribution in [0.25, 0.3) is 0 Å². The Balaban J connectivity index is 1.68. The quantitative estimate of drug-likeness (QED) is 0.689. The molecule has 1 saturated heterocycles. The molecule has 0 atom stereocenters. The predicted octanol–water partition coefficient (Wildman–Crippen LogP) is 3.18. The first-order valence-corrected chi connectivity index (χ1v) is 9.03. The molecule has 5 heteroatoms. The number of hydrogen-bond donors (Lipinski definition) is 1. The van der Waals surface area contributed by atoms with E-state index in [0.29, 0.717) is 5.41 Å². The van der Waals surface area contributed by atoms with Crippen LogP contribution < -0.4 is 5.32 Å². The number of aryl methyl sites for hydroxylation is 1. The lowest BCUT2D eigenvalue weighted by Gasteiger charge is -2.25. The second kappa shape index (κ2) is 6.34. The minimum absolute atomic E-state index is 0.594. The zero-order valence-corrected chi connectivity index (χ0v) is 14.0. The zero-order chi connectivity index (χ0) is 14.7. The van der Waals surface area contributed by atoms with E-state index in [1.807, 2.05) is 5.51 Å². The van der Waals surface area contributed by atoms with Gasteiger partial charge in [0.2, 0.25) is 0 Å². The van der Waals surface area contributed by atoms with E-state index in [1.165, 1.54) is 43.5 Å². The van der Waals surface area contributed by atoms with Crippen LogP contribution in [0.5, 0.6) is 0 Å². The normalized spacial score (nSPS) is 21.4. The predicted molar refractivity (Wildman–Crippen MR) is 88.8 cm³/mol. The molecule has 1 saturated carbocycles. The Hall–Kier alpha value is -1.10. The molecule has 0 radical (unpaired) electrons. The fraction of sp³-hybridized carbons (Fsp3) is 0.750. The van der Waals surface area contributed by atoms with Gasteiger partial charge in [-0.05, 0) is 38.5 Å². The Kier molecular flexibility index (Phi) is 4.48. The van der Waals surface area contributed by atoms with Gasteiger partial charge in [0, 0.05) is 24.5 Å². The van der Waals surface area contributed by atoms with Crippen LogP contribution in [-0.2, 0) is 6.54 Å². The summed E-state index contributed by atoms with van der Waals surface area (Å²) in [4.78, 5) is 12.9. The van der Waals surface area contributed by atoms with Gasteiger partial charge in [-0.2, -0.15) is 0 Å². The first kappa shape index (κ1) is 14.8. The molecule has 0 unspecified atom stereocenters. The number of nitrogens with zero attached hydrogens (tertiary/aromatic N) is 3. The lowest BCUT2D eigenvalue weighted by molar-refractivity contribution is 0.309. The summed E-state index contributed by atoms with van der Waals surface area (Å²) >= 11 is 1.71. The lowest BCUT2D eigenvalue weighted by atomic mass is 9.86. The maximum atomic E-state index is 4.86. The van der Waals surface area contributed by atoms with E-state index in [4.69, 9.17) is 4.99 Å². The molecule has 2 fully saturated rings. The monoisotopic (exact) mass is 306 g/mol. The highest BCUT2D eigenvalue weighted by molar-refractivity contribution is 7.09. The Morgan fingerprint density at radius 1 is 1.43 bits per heavy atom. The van der Waals surface area contributed by atoms with Crippen LogP contribution in [0.4, 0.5) is 0 Å². The second-order valence-corrected chi connectivity index (χ2v) is 7.35. The molecule has 21 heavy (non-hydrogen) atoms. The Labute approximate surface area is 131 Å². The summed E-state index contributed by atoms with van der Waals surface area (Å²) in [7, 11) is 0. The SMILES string of the molecule is CCNC(=NCc1scnc1C)N1CCC2(CCCC2)C1. The van der Waals surface area contributed by atoms with Crippen molar-refractivity contribution in [1.82, 2.24) is 15.2 Å². The van der Waals surface area contributed by atoms with Gasteiger partial charge in [-0.15, -0.1) is 11.3 Å². The molecule has 1 N–H and O–H groups in total. The molecular weight excluding hydrogens is 280 g/mol. The molecule has 1 aliphatic carbocycles. The molecule has 2 aliphatic rings. The third-order valence-electron chi connectivity index (χ3n) is 4.95. The molecule has 1 spiro atoms. The third-order valence-corrected chi connectivity index (χ3v) is 5.87. The van der Waals surface area contributed by atoms with Crippen LogP contribution in [0.1, 0.15) is 49.6 Å². The van der Waals surface area contributed by atoms with Crippen LogP contribution in [0.2, 0.25) is 0 Å². The Morgan fingerprint density at radius 3 is 2.90 bits per heavy atom. The van der Waals surface area contributed by atoms with Gasteiger partial charge >= 0.3 is 0 Å². The minimum Gasteiger partial charge on any atom is -0.357 e. The van der Waals surface area contributed by atoms with E-state index >= 15 is 0 Å². The van der Waals surface area contributed by atoms with Crippen molar-refractivity contribution in [2.45, 2.75) is 52.5 Å². The number of hydrogen-bond acceptors (Lipinski definition) is 3. The summed E-state index contributed by atoms with van der Waals surface area (Å²) in [5.74, 6) is 1.09. The van der Waals surface area contributed by atoms with E-state index in [0.717, 1.165) is 31.3 Å².